The fourth-order valence-corrected chi connectivity index (χ4v) is 4.38. The Morgan fingerprint density at radius 1 is 1.23 bits per heavy atom. The van der Waals surface area contributed by atoms with E-state index < -0.39 is 5.63 Å². The van der Waals surface area contributed by atoms with Gasteiger partial charge in [-0.2, -0.15) is 0 Å². The number of phenols is 1. The SMILES string of the molecule is Cc1c(CC(=O)NC[C@H]2C[C@@H]3C=C[C@H]2C3)c(=O)oc2c(C)c(O)ccc12. The quantitative estimate of drug-likeness (QED) is 0.654. The van der Waals surface area contributed by atoms with E-state index in [-0.39, 0.29) is 18.1 Å². The molecule has 0 saturated heterocycles. The molecule has 0 spiro atoms. The van der Waals surface area contributed by atoms with Gasteiger partial charge >= 0.3 is 5.63 Å². The molecule has 136 valence electrons. The fraction of sp³-hybridized carbons (Fsp3) is 0.429. The molecule has 5 nitrogen and oxygen atoms in total. The summed E-state index contributed by atoms with van der Waals surface area (Å²) in [4.78, 5) is 24.8. The van der Waals surface area contributed by atoms with Crippen molar-refractivity contribution < 1.29 is 14.3 Å². The first-order valence-electron chi connectivity index (χ1n) is 9.14. The molecule has 1 aromatic carbocycles. The molecule has 0 radical (unpaired) electrons. The van der Waals surface area contributed by atoms with Crippen LogP contribution in [0.15, 0.2) is 33.5 Å². The molecule has 2 aliphatic carbocycles. The van der Waals surface area contributed by atoms with Crippen LogP contribution in [-0.2, 0) is 11.2 Å². The number of hydrogen-bond acceptors (Lipinski definition) is 4. The highest BCUT2D eigenvalue weighted by Crippen LogP contribution is 2.42. The Kier molecular flexibility index (Phi) is 4.10. The number of rotatable bonds is 4. The Hall–Kier alpha value is -2.56. The minimum absolute atomic E-state index is 0.0146. The highest BCUT2D eigenvalue weighted by molar-refractivity contribution is 5.87. The van der Waals surface area contributed by atoms with E-state index in [0.717, 1.165) is 17.4 Å². The predicted molar refractivity (Wildman–Crippen MR) is 99.2 cm³/mol. The summed E-state index contributed by atoms with van der Waals surface area (Å²) in [5.41, 5.74) is 1.51. The number of benzene rings is 1. The number of amides is 1. The van der Waals surface area contributed by atoms with Crippen molar-refractivity contribution >= 4 is 16.9 Å². The summed E-state index contributed by atoms with van der Waals surface area (Å²) < 4.78 is 5.40. The summed E-state index contributed by atoms with van der Waals surface area (Å²) >= 11 is 0. The molecule has 4 rings (SSSR count). The van der Waals surface area contributed by atoms with Crippen molar-refractivity contribution in [2.75, 3.05) is 6.54 Å². The normalized spacial score (nSPS) is 23.7. The summed E-state index contributed by atoms with van der Waals surface area (Å²) in [6.45, 7) is 4.19. The van der Waals surface area contributed by atoms with E-state index >= 15 is 0 Å². The number of carbonyl (C=O) groups is 1. The first-order valence-corrected chi connectivity index (χ1v) is 9.14. The predicted octanol–water partition coefficient (Wildman–Crippen LogP) is 2.99. The monoisotopic (exact) mass is 353 g/mol. The number of fused-ring (bicyclic) bond motifs is 3. The van der Waals surface area contributed by atoms with Gasteiger partial charge in [-0.1, -0.05) is 12.2 Å². The minimum Gasteiger partial charge on any atom is -0.508 e. The molecular weight excluding hydrogens is 330 g/mol. The van der Waals surface area contributed by atoms with Gasteiger partial charge in [0.2, 0.25) is 5.91 Å². The third kappa shape index (κ3) is 2.81. The molecule has 2 bridgehead atoms. The van der Waals surface area contributed by atoms with Gasteiger partial charge in [0, 0.05) is 17.5 Å². The molecular formula is C21H23NO4. The van der Waals surface area contributed by atoms with Crippen molar-refractivity contribution in [3.8, 4) is 5.75 Å². The van der Waals surface area contributed by atoms with Gasteiger partial charge < -0.3 is 14.8 Å². The molecule has 5 heteroatoms. The zero-order chi connectivity index (χ0) is 18.4. The van der Waals surface area contributed by atoms with Crippen LogP contribution in [0.3, 0.4) is 0 Å². The average Bonchev–Trinajstić information content (AvgIpc) is 3.23. The Morgan fingerprint density at radius 2 is 2.04 bits per heavy atom. The third-order valence-electron chi connectivity index (χ3n) is 5.99. The molecule has 1 amide bonds. The van der Waals surface area contributed by atoms with Crippen LogP contribution in [-0.4, -0.2) is 17.6 Å². The molecule has 2 aliphatic rings. The molecule has 0 aliphatic heterocycles. The fourth-order valence-electron chi connectivity index (χ4n) is 4.38. The van der Waals surface area contributed by atoms with Crippen LogP contribution in [0.2, 0.25) is 0 Å². The Labute approximate surface area is 151 Å². The van der Waals surface area contributed by atoms with Gasteiger partial charge in [0.1, 0.15) is 11.3 Å². The molecule has 0 unspecified atom stereocenters. The van der Waals surface area contributed by atoms with E-state index in [1.807, 2.05) is 6.92 Å². The second kappa shape index (κ2) is 6.31. The highest BCUT2D eigenvalue weighted by Gasteiger charge is 2.35. The van der Waals surface area contributed by atoms with Crippen molar-refractivity contribution in [3.63, 3.8) is 0 Å². The summed E-state index contributed by atoms with van der Waals surface area (Å²) in [7, 11) is 0. The van der Waals surface area contributed by atoms with Crippen LogP contribution in [0.1, 0.15) is 29.5 Å². The van der Waals surface area contributed by atoms with Crippen molar-refractivity contribution in [2.24, 2.45) is 17.8 Å². The summed E-state index contributed by atoms with van der Waals surface area (Å²) in [5.74, 6) is 1.71. The molecule has 3 atom stereocenters. The maximum atomic E-state index is 12.4. The number of nitrogens with one attached hydrogen (secondary N) is 1. The molecule has 1 saturated carbocycles. The number of phenolic OH excluding ortho intramolecular Hbond substituents is 1. The number of allylic oxidation sites excluding steroid dienone is 2. The van der Waals surface area contributed by atoms with E-state index in [1.165, 1.54) is 6.42 Å². The second-order valence-electron chi connectivity index (χ2n) is 7.60. The van der Waals surface area contributed by atoms with E-state index in [4.69, 9.17) is 4.42 Å². The smallest absolute Gasteiger partial charge is 0.340 e. The summed E-state index contributed by atoms with van der Waals surface area (Å²) in [5, 5.41) is 13.5. The molecule has 2 N–H and O–H groups in total. The van der Waals surface area contributed by atoms with Crippen LogP contribution < -0.4 is 10.9 Å². The van der Waals surface area contributed by atoms with E-state index in [2.05, 4.69) is 17.5 Å². The van der Waals surface area contributed by atoms with Gasteiger partial charge in [-0.05, 0) is 62.1 Å². The van der Waals surface area contributed by atoms with Crippen molar-refractivity contribution in [1.82, 2.24) is 5.32 Å². The second-order valence-corrected chi connectivity index (χ2v) is 7.60. The molecule has 26 heavy (non-hydrogen) atoms. The molecule has 2 aromatic rings. The van der Waals surface area contributed by atoms with Gasteiger partial charge in [0.25, 0.3) is 0 Å². The van der Waals surface area contributed by atoms with Crippen LogP contribution in [0.5, 0.6) is 5.75 Å². The number of aromatic hydroxyl groups is 1. The first-order chi connectivity index (χ1) is 12.4. The number of carbonyl (C=O) groups excluding carboxylic acids is 1. The van der Waals surface area contributed by atoms with Gasteiger partial charge in [-0.15, -0.1) is 0 Å². The number of aryl methyl sites for hydroxylation is 2. The molecule has 1 heterocycles. The Morgan fingerprint density at radius 3 is 2.73 bits per heavy atom. The average molecular weight is 353 g/mol. The van der Waals surface area contributed by atoms with Gasteiger partial charge in [0.05, 0.1) is 12.0 Å². The Balaban J connectivity index is 1.51. The lowest BCUT2D eigenvalue weighted by Gasteiger charge is -2.18. The van der Waals surface area contributed by atoms with Crippen LogP contribution in [0.4, 0.5) is 0 Å². The van der Waals surface area contributed by atoms with E-state index in [9.17, 15) is 14.7 Å². The topological polar surface area (TPSA) is 79.5 Å². The molecule has 1 aromatic heterocycles. The van der Waals surface area contributed by atoms with Crippen molar-refractivity contribution in [3.05, 3.63) is 51.4 Å². The zero-order valence-corrected chi connectivity index (χ0v) is 15.0. The lowest BCUT2D eigenvalue weighted by atomic mass is 9.93. The zero-order valence-electron chi connectivity index (χ0n) is 15.0. The summed E-state index contributed by atoms with van der Waals surface area (Å²) in [6.07, 6.45) is 6.92. The van der Waals surface area contributed by atoms with Crippen molar-refractivity contribution in [2.45, 2.75) is 33.1 Å². The third-order valence-corrected chi connectivity index (χ3v) is 5.99. The van der Waals surface area contributed by atoms with Crippen LogP contribution >= 0.6 is 0 Å². The van der Waals surface area contributed by atoms with Gasteiger partial charge in [-0.3, -0.25) is 4.79 Å². The van der Waals surface area contributed by atoms with Gasteiger partial charge in [-0.25, -0.2) is 4.79 Å². The van der Waals surface area contributed by atoms with Crippen LogP contribution in [0, 0.1) is 31.6 Å². The lowest BCUT2D eigenvalue weighted by molar-refractivity contribution is -0.120. The minimum atomic E-state index is -0.512. The highest BCUT2D eigenvalue weighted by atomic mass is 16.4. The first kappa shape index (κ1) is 16.9. The van der Waals surface area contributed by atoms with E-state index in [1.54, 1.807) is 19.1 Å². The molecule has 1 fully saturated rings. The maximum Gasteiger partial charge on any atom is 0.340 e. The van der Waals surface area contributed by atoms with Crippen LogP contribution in [0.25, 0.3) is 11.0 Å². The lowest BCUT2D eigenvalue weighted by Crippen LogP contribution is -2.33. The maximum absolute atomic E-state index is 12.4. The number of hydrogen-bond donors (Lipinski definition) is 2. The van der Waals surface area contributed by atoms with Crippen molar-refractivity contribution in [1.29, 1.82) is 0 Å². The van der Waals surface area contributed by atoms with Gasteiger partial charge in [0.15, 0.2) is 0 Å². The largest absolute Gasteiger partial charge is 0.508 e. The van der Waals surface area contributed by atoms with E-state index in [0.29, 0.717) is 41.0 Å². The summed E-state index contributed by atoms with van der Waals surface area (Å²) in [6, 6.07) is 3.30. The Bertz CT molecular complexity index is 972. The standard InChI is InChI=1S/C21H23NO4/c1-11-16-5-6-18(23)12(2)20(16)26-21(25)17(11)9-19(24)22-10-15-8-13-3-4-14(15)7-13/h3-6,13-15,23H,7-10H2,1-2H3,(H,22,24)/t13-,14+,15-/m1/s1.